The molecule has 1 aliphatic carbocycles. The Morgan fingerprint density at radius 2 is 1.79 bits per heavy atom. The van der Waals surface area contributed by atoms with Crippen LogP contribution >= 0.6 is 0 Å². The van der Waals surface area contributed by atoms with Gasteiger partial charge in [-0.2, -0.15) is 0 Å². The van der Waals surface area contributed by atoms with E-state index in [9.17, 15) is 8.78 Å². The summed E-state index contributed by atoms with van der Waals surface area (Å²) >= 11 is 0. The molecule has 0 saturated heterocycles. The van der Waals surface area contributed by atoms with E-state index in [1.807, 2.05) is 12.1 Å². The van der Waals surface area contributed by atoms with Crippen molar-refractivity contribution in [1.29, 1.82) is 0 Å². The second-order valence-electron chi connectivity index (χ2n) is 7.36. The normalized spacial score (nSPS) is 17.2. The summed E-state index contributed by atoms with van der Waals surface area (Å²) < 4.78 is 29.0. The van der Waals surface area contributed by atoms with E-state index in [1.54, 1.807) is 0 Å². The molecular formula is C22H28F2. The SMILES string of the molecule is CCCCCc1cc2cc3c(cc2c(F)c1F)CC(CCC)CC3. The average Bonchev–Trinajstić information content (AvgIpc) is 2.58. The maximum absolute atomic E-state index is 14.6. The quantitative estimate of drug-likeness (QED) is 0.513. The van der Waals surface area contributed by atoms with Gasteiger partial charge in [-0.1, -0.05) is 45.6 Å². The van der Waals surface area contributed by atoms with Crippen LogP contribution in [0.5, 0.6) is 0 Å². The number of benzene rings is 2. The molecule has 2 aromatic carbocycles. The molecule has 0 fully saturated rings. The molecule has 1 unspecified atom stereocenters. The number of fused-ring (bicyclic) bond motifs is 2. The topological polar surface area (TPSA) is 0 Å². The molecule has 0 bridgehead atoms. The number of halogens is 2. The Labute approximate surface area is 144 Å². The highest BCUT2D eigenvalue weighted by Gasteiger charge is 2.21. The Bertz CT molecular complexity index is 718. The van der Waals surface area contributed by atoms with Gasteiger partial charge >= 0.3 is 0 Å². The third-order valence-electron chi connectivity index (χ3n) is 5.49. The zero-order chi connectivity index (χ0) is 17.1. The van der Waals surface area contributed by atoms with Crippen molar-refractivity contribution in [2.75, 3.05) is 0 Å². The molecule has 1 aliphatic rings. The van der Waals surface area contributed by atoms with E-state index in [1.165, 1.54) is 30.4 Å². The highest BCUT2D eigenvalue weighted by Crippen LogP contribution is 2.34. The first kappa shape index (κ1) is 17.4. The zero-order valence-electron chi connectivity index (χ0n) is 14.9. The lowest BCUT2D eigenvalue weighted by Gasteiger charge is -2.25. The van der Waals surface area contributed by atoms with Crippen LogP contribution in [0.1, 0.15) is 69.1 Å². The highest BCUT2D eigenvalue weighted by atomic mass is 19.2. The summed E-state index contributed by atoms with van der Waals surface area (Å²) in [6, 6.07) is 5.90. The fraction of sp³-hybridized carbons (Fsp3) is 0.545. The third kappa shape index (κ3) is 3.48. The van der Waals surface area contributed by atoms with Crippen molar-refractivity contribution in [3.63, 3.8) is 0 Å². The number of hydrogen-bond donors (Lipinski definition) is 0. The van der Waals surface area contributed by atoms with Crippen LogP contribution in [0.25, 0.3) is 10.8 Å². The lowest BCUT2D eigenvalue weighted by molar-refractivity contribution is 0.423. The molecule has 0 aliphatic heterocycles. The van der Waals surface area contributed by atoms with Gasteiger partial charge in [0.2, 0.25) is 0 Å². The van der Waals surface area contributed by atoms with Crippen molar-refractivity contribution in [3.8, 4) is 0 Å². The Hall–Kier alpha value is -1.44. The minimum absolute atomic E-state index is 0.461. The molecular weight excluding hydrogens is 302 g/mol. The standard InChI is InChI=1S/C22H28F2/c1-3-5-6-8-17-13-19-12-16-10-9-15(7-4-2)11-18(16)14-20(19)22(24)21(17)23/h12-15H,3-11H2,1-2H3. The Morgan fingerprint density at radius 1 is 0.958 bits per heavy atom. The summed E-state index contributed by atoms with van der Waals surface area (Å²) in [7, 11) is 0. The van der Waals surface area contributed by atoms with Crippen LogP contribution in [-0.4, -0.2) is 0 Å². The maximum atomic E-state index is 14.6. The Morgan fingerprint density at radius 3 is 2.54 bits per heavy atom. The van der Waals surface area contributed by atoms with Gasteiger partial charge in [0.25, 0.3) is 0 Å². The van der Waals surface area contributed by atoms with E-state index in [-0.39, 0.29) is 0 Å². The van der Waals surface area contributed by atoms with Gasteiger partial charge < -0.3 is 0 Å². The first-order chi connectivity index (χ1) is 11.6. The lowest BCUT2D eigenvalue weighted by Crippen LogP contribution is -2.14. The van der Waals surface area contributed by atoms with Crippen LogP contribution in [0.15, 0.2) is 18.2 Å². The predicted octanol–water partition coefficient (Wildman–Crippen LogP) is 6.76. The summed E-state index contributed by atoms with van der Waals surface area (Å²) in [5.74, 6) is -0.597. The molecule has 0 amide bonds. The lowest BCUT2D eigenvalue weighted by atomic mass is 9.80. The number of hydrogen-bond acceptors (Lipinski definition) is 0. The van der Waals surface area contributed by atoms with Crippen molar-refractivity contribution in [1.82, 2.24) is 0 Å². The van der Waals surface area contributed by atoms with Gasteiger partial charge in [-0.05, 0) is 72.2 Å². The Kier molecular flexibility index (Phi) is 5.53. The van der Waals surface area contributed by atoms with Crippen molar-refractivity contribution >= 4 is 10.8 Å². The van der Waals surface area contributed by atoms with E-state index in [0.29, 0.717) is 23.3 Å². The second kappa shape index (κ2) is 7.63. The molecule has 1 atom stereocenters. The van der Waals surface area contributed by atoms with Gasteiger partial charge in [-0.25, -0.2) is 8.78 Å². The molecule has 0 saturated carbocycles. The summed E-state index contributed by atoms with van der Waals surface area (Å²) in [5.41, 5.74) is 3.10. The zero-order valence-corrected chi connectivity index (χ0v) is 14.9. The van der Waals surface area contributed by atoms with Crippen LogP contribution in [0, 0.1) is 17.6 Å². The molecule has 0 heterocycles. The first-order valence-corrected chi connectivity index (χ1v) is 9.56. The van der Waals surface area contributed by atoms with Gasteiger partial charge in [0.1, 0.15) is 0 Å². The smallest absolute Gasteiger partial charge is 0.166 e. The average molecular weight is 330 g/mol. The summed E-state index contributed by atoms with van der Waals surface area (Å²) in [6.45, 7) is 4.33. The van der Waals surface area contributed by atoms with Gasteiger partial charge in [-0.3, -0.25) is 0 Å². The van der Waals surface area contributed by atoms with Crippen molar-refractivity contribution in [2.45, 2.75) is 71.6 Å². The van der Waals surface area contributed by atoms with Crippen molar-refractivity contribution < 1.29 is 8.78 Å². The van der Waals surface area contributed by atoms with Gasteiger partial charge in [0.15, 0.2) is 11.6 Å². The summed E-state index contributed by atoms with van der Waals surface area (Å²) in [5, 5.41) is 1.33. The van der Waals surface area contributed by atoms with Crippen LogP contribution in [0.4, 0.5) is 8.78 Å². The van der Waals surface area contributed by atoms with Crippen LogP contribution in [-0.2, 0) is 19.3 Å². The van der Waals surface area contributed by atoms with E-state index >= 15 is 0 Å². The van der Waals surface area contributed by atoms with E-state index in [4.69, 9.17) is 0 Å². The molecule has 0 radical (unpaired) electrons. The van der Waals surface area contributed by atoms with Gasteiger partial charge in [0, 0.05) is 5.39 Å². The first-order valence-electron chi connectivity index (χ1n) is 9.56. The summed E-state index contributed by atoms with van der Waals surface area (Å²) in [6.07, 6.45) is 9.41. The molecule has 130 valence electrons. The van der Waals surface area contributed by atoms with E-state index in [2.05, 4.69) is 19.9 Å². The minimum Gasteiger partial charge on any atom is -0.203 e. The summed E-state index contributed by atoms with van der Waals surface area (Å²) in [4.78, 5) is 0. The number of aryl methyl sites for hydroxylation is 2. The van der Waals surface area contributed by atoms with Crippen LogP contribution in [0.2, 0.25) is 0 Å². The van der Waals surface area contributed by atoms with E-state index in [0.717, 1.165) is 37.5 Å². The Balaban J connectivity index is 1.96. The second-order valence-corrected chi connectivity index (χ2v) is 7.36. The predicted molar refractivity (Wildman–Crippen MR) is 97.5 cm³/mol. The van der Waals surface area contributed by atoms with Crippen molar-refractivity contribution in [2.24, 2.45) is 5.92 Å². The van der Waals surface area contributed by atoms with Gasteiger partial charge in [-0.15, -0.1) is 0 Å². The van der Waals surface area contributed by atoms with Crippen LogP contribution < -0.4 is 0 Å². The maximum Gasteiger partial charge on any atom is 0.166 e. The third-order valence-corrected chi connectivity index (χ3v) is 5.49. The van der Waals surface area contributed by atoms with Crippen molar-refractivity contribution in [3.05, 3.63) is 46.5 Å². The van der Waals surface area contributed by atoms with E-state index < -0.39 is 11.6 Å². The fourth-order valence-electron chi connectivity index (χ4n) is 4.13. The van der Waals surface area contributed by atoms with Gasteiger partial charge in [0.05, 0.1) is 0 Å². The molecule has 0 N–H and O–H groups in total. The molecule has 0 nitrogen and oxygen atoms in total. The molecule has 0 aromatic heterocycles. The molecule has 2 heteroatoms. The monoisotopic (exact) mass is 330 g/mol. The molecule has 0 spiro atoms. The number of unbranched alkanes of at least 4 members (excludes halogenated alkanes) is 2. The fourth-order valence-corrected chi connectivity index (χ4v) is 4.13. The molecule has 2 aromatic rings. The van der Waals surface area contributed by atoms with Crippen LogP contribution in [0.3, 0.4) is 0 Å². The minimum atomic E-state index is -0.653. The largest absolute Gasteiger partial charge is 0.203 e. The highest BCUT2D eigenvalue weighted by molar-refractivity contribution is 5.86. The molecule has 3 rings (SSSR count). The number of rotatable bonds is 6. The molecule has 24 heavy (non-hydrogen) atoms.